The summed E-state index contributed by atoms with van der Waals surface area (Å²) in [6.45, 7) is 6.41. The number of fused-ring (bicyclic) bond motifs is 1. The third-order valence-electron chi connectivity index (χ3n) is 2.94. The number of hydrogen-bond donors (Lipinski definition) is 1. The molecule has 2 aromatic rings. The summed E-state index contributed by atoms with van der Waals surface area (Å²) in [6, 6.07) is 8.62. The first-order valence-electron chi connectivity index (χ1n) is 5.73. The van der Waals surface area contributed by atoms with Crippen molar-refractivity contribution in [3.8, 4) is 0 Å². The van der Waals surface area contributed by atoms with Crippen LogP contribution < -0.4 is 5.73 Å². The Morgan fingerprint density at radius 1 is 1.25 bits per heavy atom. The summed E-state index contributed by atoms with van der Waals surface area (Å²) in [5.41, 5.74) is 7.40. The second-order valence-corrected chi connectivity index (χ2v) is 6.27. The Bertz CT molecular complexity index is 491. The number of nitrogens with two attached hydrogens (primary N) is 1. The molecule has 2 heteroatoms. The molecule has 1 heterocycles. The highest BCUT2D eigenvalue weighted by Gasteiger charge is 2.13. The van der Waals surface area contributed by atoms with E-state index < -0.39 is 0 Å². The van der Waals surface area contributed by atoms with Crippen LogP contribution in [0.4, 0.5) is 0 Å². The van der Waals surface area contributed by atoms with Gasteiger partial charge in [-0.05, 0) is 50.6 Å². The second kappa shape index (κ2) is 4.19. The molecule has 2 N–H and O–H groups in total. The zero-order chi connectivity index (χ0) is 11.8. The number of benzene rings is 1. The van der Waals surface area contributed by atoms with Crippen molar-refractivity contribution >= 4 is 21.4 Å². The Kier molecular flexibility index (Phi) is 3.04. The Labute approximate surface area is 101 Å². The molecule has 0 atom stereocenters. The van der Waals surface area contributed by atoms with E-state index in [1.165, 1.54) is 20.5 Å². The Hall–Kier alpha value is -0.860. The van der Waals surface area contributed by atoms with Crippen LogP contribution >= 0.6 is 11.3 Å². The predicted molar refractivity (Wildman–Crippen MR) is 73.1 cm³/mol. The Balaban J connectivity index is 2.28. The first-order chi connectivity index (χ1) is 7.47. The molecule has 1 aromatic heterocycles. The van der Waals surface area contributed by atoms with E-state index in [0.717, 1.165) is 12.8 Å². The molecule has 0 aliphatic carbocycles. The van der Waals surface area contributed by atoms with Crippen molar-refractivity contribution in [2.75, 3.05) is 0 Å². The fourth-order valence-corrected chi connectivity index (χ4v) is 3.11. The molecule has 0 unspecified atom stereocenters. The zero-order valence-corrected chi connectivity index (χ0v) is 11.0. The number of hydrogen-bond acceptors (Lipinski definition) is 2. The van der Waals surface area contributed by atoms with Crippen LogP contribution in [-0.2, 0) is 6.42 Å². The van der Waals surface area contributed by atoms with Crippen LogP contribution in [0.15, 0.2) is 24.3 Å². The van der Waals surface area contributed by atoms with Crippen LogP contribution in [-0.4, -0.2) is 5.54 Å². The summed E-state index contributed by atoms with van der Waals surface area (Å²) < 4.78 is 1.39. The molecule has 0 bridgehead atoms. The molecule has 0 radical (unpaired) electrons. The van der Waals surface area contributed by atoms with Crippen LogP contribution in [0.5, 0.6) is 0 Å². The van der Waals surface area contributed by atoms with Gasteiger partial charge < -0.3 is 5.73 Å². The van der Waals surface area contributed by atoms with E-state index in [1.54, 1.807) is 0 Å². The van der Waals surface area contributed by atoms with Crippen molar-refractivity contribution in [2.45, 2.75) is 39.2 Å². The van der Waals surface area contributed by atoms with Gasteiger partial charge in [0.25, 0.3) is 0 Å². The lowest BCUT2D eigenvalue weighted by Crippen LogP contribution is -2.32. The molecule has 0 aliphatic heterocycles. The van der Waals surface area contributed by atoms with E-state index in [4.69, 9.17) is 5.73 Å². The maximum absolute atomic E-state index is 6.03. The fourth-order valence-electron chi connectivity index (χ4n) is 1.90. The van der Waals surface area contributed by atoms with Crippen molar-refractivity contribution in [3.05, 3.63) is 34.7 Å². The molecule has 1 aromatic carbocycles. The van der Waals surface area contributed by atoms with Gasteiger partial charge in [0.15, 0.2) is 0 Å². The lowest BCUT2D eigenvalue weighted by atomic mass is 9.98. The SMILES string of the molecule is Cc1c(CCC(C)(C)N)sc2ccccc12. The topological polar surface area (TPSA) is 26.0 Å². The van der Waals surface area contributed by atoms with Crippen molar-refractivity contribution < 1.29 is 0 Å². The smallest absolute Gasteiger partial charge is 0.0348 e. The van der Waals surface area contributed by atoms with Gasteiger partial charge in [-0.3, -0.25) is 0 Å². The quantitative estimate of drug-likeness (QED) is 0.855. The van der Waals surface area contributed by atoms with Crippen molar-refractivity contribution in [1.29, 1.82) is 0 Å². The van der Waals surface area contributed by atoms with Crippen LogP contribution in [0.2, 0.25) is 0 Å². The van der Waals surface area contributed by atoms with E-state index in [2.05, 4.69) is 45.0 Å². The summed E-state index contributed by atoms with van der Waals surface area (Å²) in [6.07, 6.45) is 2.13. The van der Waals surface area contributed by atoms with Crippen molar-refractivity contribution in [2.24, 2.45) is 5.73 Å². The lowest BCUT2D eigenvalue weighted by molar-refractivity contribution is 0.478. The standard InChI is InChI=1S/C14H19NS/c1-10-11-6-4-5-7-13(11)16-12(10)8-9-14(2,3)15/h4-7H,8-9,15H2,1-3H3. The molecule has 0 saturated heterocycles. The summed E-state index contributed by atoms with van der Waals surface area (Å²) >= 11 is 1.91. The highest BCUT2D eigenvalue weighted by atomic mass is 32.1. The summed E-state index contributed by atoms with van der Waals surface area (Å²) in [4.78, 5) is 1.49. The minimum absolute atomic E-state index is 0.0669. The Morgan fingerprint density at radius 3 is 2.56 bits per heavy atom. The first kappa shape index (κ1) is 11.6. The molecular weight excluding hydrogens is 214 g/mol. The molecule has 86 valence electrons. The first-order valence-corrected chi connectivity index (χ1v) is 6.55. The molecule has 0 saturated carbocycles. The predicted octanol–water partition coefficient (Wildman–Crippen LogP) is 3.88. The van der Waals surface area contributed by atoms with E-state index in [-0.39, 0.29) is 5.54 Å². The number of rotatable bonds is 3. The molecule has 1 nitrogen and oxygen atoms in total. The molecule has 0 spiro atoms. The normalized spacial score (nSPS) is 12.2. The van der Waals surface area contributed by atoms with Crippen molar-refractivity contribution in [3.63, 3.8) is 0 Å². The van der Waals surface area contributed by atoms with Gasteiger partial charge in [0.1, 0.15) is 0 Å². The van der Waals surface area contributed by atoms with E-state index in [1.807, 2.05) is 11.3 Å². The molecule has 16 heavy (non-hydrogen) atoms. The third-order valence-corrected chi connectivity index (χ3v) is 4.27. The largest absolute Gasteiger partial charge is 0.326 e. The molecule has 0 aliphatic rings. The van der Waals surface area contributed by atoms with Gasteiger partial charge in [0.05, 0.1) is 0 Å². The van der Waals surface area contributed by atoms with E-state index in [9.17, 15) is 0 Å². The zero-order valence-electron chi connectivity index (χ0n) is 10.2. The van der Waals surface area contributed by atoms with Gasteiger partial charge >= 0.3 is 0 Å². The summed E-state index contributed by atoms with van der Waals surface area (Å²) in [5, 5.41) is 1.40. The maximum atomic E-state index is 6.03. The second-order valence-electron chi connectivity index (χ2n) is 5.13. The van der Waals surface area contributed by atoms with Crippen LogP contribution in [0.25, 0.3) is 10.1 Å². The maximum Gasteiger partial charge on any atom is 0.0348 e. The van der Waals surface area contributed by atoms with Crippen LogP contribution in [0.3, 0.4) is 0 Å². The van der Waals surface area contributed by atoms with Crippen LogP contribution in [0.1, 0.15) is 30.7 Å². The minimum atomic E-state index is -0.0669. The van der Waals surface area contributed by atoms with Gasteiger partial charge in [-0.25, -0.2) is 0 Å². The molecule has 0 amide bonds. The lowest BCUT2D eigenvalue weighted by Gasteiger charge is -2.17. The average molecular weight is 233 g/mol. The van der Waals surface area contributed by atoms with E-state index in [0.29, 0.717) is 0 Å². The van der Waals surface area contributed by atoms with Gasteiger partial charge in [-0.2, -0.15) is 0 Å². The van der Waals surface area contributed by atoms with E-state index >= 15 is 0 Å². The summed E-state index contributed by atoms with van der Waals surface area (Å²) in [5.74, 6) is 0. The number of aryl methyl sites for hydroxylation is 2. The molecule has 2 rings (SSSR count). The highest BCUT2D eigenvalue weighted by molar-refractivity contribution is 7.19. The van der Waals surface area contributed by atoms with Crippen molar-refractivity contribution in [1.82, 2.24) is 0 Å². The highest BCUT2D eigenvalue weighted by Crippen LogP contribution is 2.31. The minimum Gasteiger partial charge on any atom is -0.326 e. The van der Waals surface area contributed by atoms with Gasteiger partial charge in [-0.1, -0.05) is 18.2 Å². The van der Waals surface area contributed by atoms with Gasteiger partial charge in [0, 0.05) is 15.1 Å². The van der Waals surface area contributed by atoms with Crippen LogP contribution in [0, 0.1) is 6.92 Å². The molecular formula is C14H19NS. The number of thiophene rings is 1. The third kappa shape index (κ3) is 2.45. The monoisotopic (exact) mass is 233 g/mol. The Morgan fingerprint density at radius 2 is 1.94 bits per heavy atom. The van der Waals surface area contributed by atoms with Gasteiger partial charge in [-0.15, -0.1) is 11.3 Å². The summed E-state index contributed by atoms with van der Waals surface area (Å²) in [7, 11) is 0. The van der Waals surface area contributed by atoms with Gasteiger partial charge in [0.2, 0.25) is 0 Å². The molecule has 0 fully saturated rings. The fraction of sp³-hybridized carbons (Fsp3) is 0.429. The average Bonchev–Trinajstić information content (AvgIpc) is 2.53.